The van der Waals surface area contributed by atoms with Gasteiger partial charge in [0.15, 0.2) is 0 Å². The van der Waals surface area contributed by atoms with Crippen molar-refractivity contribution in [2.24, 2.45) is 5.73 Å². The minimum absolute atomic E-state index is 0.278. The molecule has 0 spiro atoms. The van der Waals surface area contributed by atoms with Gasteiger partial charge in [0, 0.05) is 30.1 Å². The zero-order valence-corrected chi connectivity index (χ0v) is 8.81. The number of hydrogen-bond acceptors (Lipinski definition) is 4. The van der Waals surface area contributed by atoms with E-state index >= 15 is 0 Å². The molecule has 0 aliphatic rings. The molecule has 0 aromatic carbocycles. The van der Waals surface area contributed by atoms with Gasteiger partial charge in [0.05, 0.1) is 11.9 Å². The third-order valence-electron chi connectivity index (χ3n) is 2.21. The van der Waals surface area contributed by atoms with E-state index < -0.39 is 5.82 Å². The molecule has 0 aliphatic carbocycles. The molecule has 0 atom stereocenters. The first kappa shape index (κ1) is 10.6. The van der Waals surface area contributed by atoms with Crippen LogP contribution in [0.4, 0.5) is 4.39 Å². The molecule has 2 aromatic rings. The highest BCUT2D eigenvalue weighted by molar-refractivity contribution is 5.62. The highest BCUT2D eigenvalue weighted by Gasteiger charge is 2.07. The highest BCUT2D eigenvalue weighted by Crippen LogP contribution is 2.21. The van der Waals surface area contributed by atoms with E-state index in [1.165, 1.54) is 0 Å². The molecule has 2 rings (SSSR count). The van der Waals surface area contributed by atoms with E-state index in [0.717, 1.165) is 6.20 Å². The Labute approximate surface area is 92.4 Å². The van der Waals surface area contributed by atoms with Crippen LogP contribution in [0.3, 0.4) is 0 Å². The van der Waals surface area contributed by atoms with E-state index in [0.29, 0.717) is 22.6 Å². The first-order valence-corrected chi connectivity index (χ1v) is 4.84. The van der Waals surface area contributed by atoms with Gasteiger partial charge in [-0.25, -0.2) is 14.4 Å². The first-order valence-electron chi connectivity index (χ1n) is 4.84. The number of halogens is 1. The summed E-state index contributed by atoms with van der Waals surface area (Å²) in [7, 11) is 0. The third kappa shape index (κ3) is 2.04. The van der Waals surface area contributed by atoms with Crippen LogP contribution in [-0.4, -0.2) is 15.0 Å². The molecule has 2 N–H and O–H groups in total. The number of pyridine rings is 1. The fourth-order valence-corrected chi connectivity index (χ4v) is 1.35. The number of hydrogen-bond donors (Lipinski definition) is 1. The molecule has 2 heterocycles. The summed E-state index contributed by atoms with van der Waals surface area (Å²) in [4.78, 5) is 11.9. The second-order valence-corrected chi connectivity index (χ2v) is 3.38. The van der Waals surface area contributed by atoms with Crippen molar-refractivity contribution in [2.75, 3.05) is 0 Å². The highest BCUT2D eigenvalue weighted by atomic mass is 19.1. The predicted octanol–water partition coefficient (Wildman–Crippen LogP) is 1.44. The lowest BCUT2D eigenvalue weighted by atomic mass is 10.1. The van der Waals surface area contributed by atoms with Crippen LogP contribution in [0.1, 0.15) is 11.5 Å². The van der Waals surface area contributed by atoms with Crippen molar-refractivity contribution in [1.82, 2.24) is 15.0 Å². The predicted molar refractivity (Wildman–Crippen MR) is 57.8 cm³/mol. The van der Waals surface area contributed by atoms with Crippen molar-refractivity contribution in [1.29, 1.82) is 0 Å². The van der Waals surface area contributed by atoms with Gasteiger partial charge < -0.3 is 5.73 Å². The fourth-order valence-electron chi connectivity index (χ4n) is 1.35. The van der Waals surface area contributed by atoms with Crippen LogP contribution in [0.2, 0.25) is 0 Å². The van der Waals surface area contributed by atoms with Crippen LogP contribution in [0, 0.1) is 12.7 Å². The molecule has 2 aromatic heterocycles. The van der Waals surface area contributed by atoms with Crippen molar-refractivity contribution in [3.8, 4) is 11.1 Å². The second kappa shape index (κ2) is 4.32. The van der Waals surface area contributed by atoms with Crippen LogP contribution in [-0.2, 0) is 6.54 Å². The van der Waals surface area contributed by atoms with Crippen LogP contribution in [0.5, 0.6) is 0 Å². The molecule has 0 amide bonds. The van der Waals surface area contributed by atoms with Crippen molar-refractivity contribution in [3.63, 3.8) is 0 Å². The lowest BCUT2D eigenvalue weighted by Gasteiger charge is -2.04. The Morgan fingerprint density at radius 2 is 1.88 bits per heavy atom. The van der Waals surface area contributed by atoms with E-state index in [-0.39, 0.29) is 6.54 Å². The maximum atomic E-state index is 13.5. The van der Waals surface area contributed by atoms with Gasteiger partial charge in [0.25, 0.3) is 0 Å². The zero-order valence-electron chi connectivity index (χ0n) is 8.81. The Balaban J connectivity index is 2.50. The van der Waals surface area contributed by atoms with Crippen LogP contribution >= 0.6 is 0 Å². The molecular formula is C11H11FN4. The van der Waals surface area contributed by atoms with E-state index in [1.54, 1.807) is 25.4 Å². The average molecular weight is 218 g/mol. The molecule has 0 saturated carbocycles. The zero-order chi connectivity index (χ0) is 11.5. The Morgan fingerprint density at radius 1 is 1.19 bits per heavy atom. The van der Waals surface area contributed by atoms with Crippen molar-refractivity contribution in [2.45, 2.75) is 13.5 Å². The van der Waals surface area contributed by atoms with E-state index in [9.17, 15) is 4.39 Å². The smallest absolute Gasteiger partial charge is 0.149 e. The molecule has 0 unspecified atom stereocenters. The van der Waals surface area contributed by atoms with Crippen molar-refractivity contribution in [3.05, 3.63) is 42.0 Å². The standard InChI is InChI=1S/C11H11FN4/c1-7-14-4-8(5-15-7)10-2-9(3-13)16-6-11(10)12/h2,4-6H,3,13H2,1H3. The maximum Gasteiger partial charge on any atom is 0.149 e. The van der Waals surface area contributed by atoms with Gasteiger partial charge in [0.2, 0.25) is 0 Å². The number of aryl methyl sites for hydroxylation is 1. The molecule has 4 nitrogen and oxygen atoms in total. The SMILES string of the molecule is Cc1ncc(-c2cc(CN)ncc2F)cn1. The molecule has 0 fully saturated rings. The summed E-state index contributed by atoms with van der Waals surface area (Å²) in [5.41, 5.74) is 7.14. The maximum absolute atomic E-state index is 13.5. The summed E-state index contributed by atoms with van der Waals surface area (Å²) >= 11 is 0. The van der Waals surface area contributed by atoms with E-state index in [1.807, 2.05) is 0 Å². The number of nitrogens with zero attached hydrogens (tertiary/aromatic N) is 3. The monoisotopic (exact) mass is 218 g/mol. The quantitative estimate of drug-likeness (QED) is 0.828. The van der Waals surface area contributed by atoms with Gasteiger partial charge in [-0.3, -0.25) is 4.98 Å². The Morgan fingerprint density at radius 3 is 2.50 bits per heavy atom. The third-order valence-corrected chi connectivity index (χ3v) is 2.21. The molecule has 16 heavy (non-hydrogen) atoms. The van der Waals surface area contributed by atoms with Gasteiger partial charge in [-0.05, 0) is 13.0 Å². The molecule has 5 heteroatoms. The van der Waals surface area contributed by atoms with Crippen LogP contribution in [0.25, 0.3) is 11.1 Å². The molecule has 82 valence electrons. The van der Waals surface area contributed by atoms with Gasteiger partial charge >= 0.3 is 0 Å². The Hall–Kier alpha value is -1.88. The molecular weight excluding hydrogens is 207 g/mol. The number of rotatable bonds is 2. The van der Waals surface area contributed by atoms with Gasteiger partial charge in [-0.15, -0.1) is 0 Å². The summed E-state index contributed by atoms with van der Waals surface area (Å²) in [5, 5.41) is 0. The minimum atomic E-state index is -0.398. The normalized spacial score (nSPS) is 10.4. The summed E-state index contributed by atoms with van der Waals surface area (Å²) in [5.74, 6) is 0.252. The van der Waals surface area contributed by atoms with Gasteiger partial charge in [-0.2, -0.15) is 0 Å². The number of aromatic nitrogens is 3. The molecule has 0 bridgehead atoms. The average Bonchev–Trinajstić information content (AvgIpc) is 2.31. The summed E-state index contributed by atoms with van der Waals surface area (Å²) in [6.45, 7) is 2.05. The van der Waals surface area contributed by atoms with Crippen molar-refractivity contribution >= 4 is 0 Å². The minimum Gasteiger partial charge on any atom is -0.325 e. The lowest BCUT2D eigenvalue weighted by molar-refractivity contribution is 0.622. The van der Waals surface area contributed by atoms with Crippen LogP contribution < -0.4 is 5.73 Å². The summed E-state index contributed by atoms with van der Waals surface area (Å²) in [6, 6.07) is 1.61. The lowest BCUT2D eigenvalue weighted by Crippen LogP contribution is -2.01. The second-order valence-electron chi connectivity index (χ2n) is 3.38. The van der Waals surface area contributed by atoms with Gasteiger partial charge in [0.1, 0.15) is 11.6 Å². The number of nitrogens with two attached hydrogens (primary N) is 1. The van der Waals surface area contributed by atoms with Crippen molar-refractivity contribution < 1.29 is 4.39 Å². The molecule has 0 aliphatic heterocycles. The van der Waals surface area contributed by atoms with E-state index in [4.69, 9.17) is 5.73 Å². The summed E-state index contributed by atoms with van der Waals surface area (Å²) < 4.78 is 13.5. The van der Waals surface area contributed by atoms with Crippen LogP contribution in [0.15, 0.2) is 24.7 Å². The topological polar surface area (TPSA) is 64.7 Å². The molecule has 0 radical (unpaired) electrons. The van der Waals surface area contributed by atoms with Gasteiger partial charge in [-0.1, -0.05) is 0 Å². The summed E-state index contributed by atoms with van der Waals surface area (Å²) in [6.07, 6.45) is 4.33. The van der Waals surface area contributed by atoms with E-state index in [2.05, 4.69) is 15.0 Å². The Kier molecular flexibility index (Phi) is 2.87. The first-order chi connectivity index (χ1) is 7.70. The largest absolute Gasteiger partial charge is 0.325 e. The fraction of sp³-hybridized carbons (Fsp3) is 0.182. The molecule has 0 saturated heterocycles. The Bertz CT molecular complexity index is 496.